The maximum atomic E-state index is 14.2. The van der Waals surface area contributed by atoms with Gasteiger partial charge in [0.05, 0.1) is 0 Å². The molecule has 1 unspecified atom stereocenters. The molecule has 0 aliphatic carbocycles. The molecule has 2 atom stereocenters. The van der Waals surface area contributed by atoms with E-state index in [0.717, 1.165) is 12.8 Å². The molecule has 1 saturated heterocycles. The van der Waals surface area contributed by atoms with Gasteiger partial charge in [0.1, 0.15) is 0 Å². The molecule has 1 aliphatic rings. The lowest BCUT2D eigenvalue weighted by Gasteiger charge is -2.39. The van der Waals surface area contributed by atoms with E-state index in [-0.39, 0.29) is 24.4 Å². The summed E-state index contributed by atoms with van der Waals surface area (Å²) in [6, 6.07) is -0.389. The SMILES string of the molecule is CCCC(C)[C@@H](c1c(F)c(F)cc(F)c1F)N1CCNCC1.Cl. The zero-order valence-corrected chi connectivity index (χ0v) is 14.2. The van der Waals surface area contributed by atoms with Crippen molar-refractivity contribution < 1.29 is 17.6 Å². The van der Waals surface area contributed by atoms with E-state index in [4.69, 9.17) is 0 Å². The van der Waals surface area contributed by atoms with E-state index in [1.807, 2.05) is 18.7 Å². The van der Waals surface area contributed by atoms with Gasteiger partial charge in [-0.05, 0) is 12.3 Å². The van der Waals surface area contributed by atoms with Crippen LogP contribution in [0.5, 0.6) is 0 Å². The minimum absolute atomic E-state index is 0. The van der Waals surface area contributed by atoms with Crippen molar-refractivity contribution in [2.75, 3.05) is 26.2 Å². The molecular weight excluding hydrogens is 332 g/mol. The van der Waals surface area contributed by atoms with Crippen molar-refractivity contribution in [2.45, 2.75) is 32.7 Å². The molecule has 7 heteroatoms. The number of halogens is 5. The fraction of sp³-hybridized carbons (Fsp3) is 0.625. The Bertz CT molecular complexity index is 495. The molecule has 1 heterocycles. The Morgan fingerprint density at radius 1 is 1.09 bits per heavy atom. The molecule has 2 nitrogen and oxygen atoms in total. The second-order valence-corrected chi connectivity index (χ2v) is 5.88. The molecule has 2 rings (SSSR count). The van der Waals surface area contributed by atoms with E-state index in [9.17, 15) is 17.6 Å². The largest absolute Gasteiger partial charge is 0.314 e. The standard InChI is InChI=1S/C16H22F4N2.ClH/c1-3-4-10(2)16(22-7-5-21-6-8-22)13-14(19)11(17)9-12(18)15(13)20;/h9-10,16,21H,3-8H2,1-2H3;1H/t10?,16-;/m0./s1. The molecule has 1 N–H and O–H groups in total. The first kappa shape index (κ1) is 20.2. The predicted molar refractivity (Wildman–Crippen MR) is 84.8 cm³/mol. The Morgan fingerprint density at radius 2 is 1.61 bits per heavy atom. The van der Waals surface area contributed by atoms with Gasteiger partial charge in [-0.15, -0.1) is 12.4 Å². The first-order chi connectivity index (χ1) is 10.5. The highest BCUT2D eigenvalue weighted by atomic mass is 35.5. The lowest BCUT2D eigenvalue weighted by atomic mass is 9.88. The van der Waals surface area contributed by atoms with Crippen LogP contribution in [0.15, 0.2) is 6.07 Å². The molecule has 0 spiro atoms. The number of piperazine rings is 1. The summed E-state index contributed by atoms with van der Waals surface area (Å²) in [7, 11) is 0. The van der Waals surface area contributed by atoms with Crippen molar-refractivity contribution in [2.24, 2.45) is 5.92 Å². The molecule has 132 valence electrons. The number of hydrogen-bond donors (Lipinski definition) is 1. The van der Waals surface area contributed by atoms with Crippen LogP contribution in [0.4, 0.5) is 17.6 Å². The molecule has 1 aliphatic heterocycles. The highest BCUT2D eigenvalue weighted by molar-refractivity contribution is 5.85. The van der Waals surface area contributed by atoms with Crippen LogP contribution in [0.2, 0.25) is 0 Å². The minimum atomic E-state index is -1.34. The molecule has 1 aromatic rings. The van der Waals surface area contributed by atoms with Crippen molar-refractivity contribution in [3.63, 3.8) is 0 Å². The van der Waals surface area contributed by atoms with Crippen molar-refractivity contribution in [3.05, 3.63) is 34.9 Å². The lowest BCUT2D eigenvalue weighted by Crippen LogP contribution is -2.47. The molecule has 1 fully saturated rings. The van der Waals surface area contributed by atoms with Gasteiger partial charge in [-0.1, -0.05) is 20.3 Å². The van der Waals surface area contributed by atoms with Gasteiger partial charge in [-0.25, -0.2) is 17.6 Å². The lowest BCUT2D eigenvalue weighted by molar-refractivity contribution is 0.118. The second kappa shape index (κ2) is 8.85. The van der Waals surface area contributed by atoms with Crippen molar-refractivity contribution in [1.29, 1.82) is 0 Å². The second-order valence-electron chi connectivity index (χ2n) is 5.88. The fourth-order valence-electron chi connectivity index (χ4n) is 3.25. The highest BCUT2D eigenvalue weighted by Gasteiger charge is 2.34. The Hall–Kier alpha value is -0.850. The normalized spacial score (nSPS) is 18.3. The third-order valence-corrected chi connectivity index (χ3v) is 4.27. The van der Waals surface area contributed by atoms with Crippen LogP contribution in [0.1, 0.15) is 38.3 Å². The third kappa shape index (κ3) is 4.37. The van der Waals surface area contributed by atoms with Gasteiger partial charge in [0, 0.05) is 43.9 Å². The number of rotatable bonds is 5. The summed E-state index contributed by atoms with van der Waals surface area (Å²) in [5, 5.41) is 3.17. The van der Waals surface area contributed by atoms with Crippen LogP contribution >= 0.6 is 12.4 Å². The van der Waals surface area contributed by atoms with Gasteiger partial charge in [0.2, 0.25) is 0 Å². The topological polar surface area (TPSA) is 15.3 Å². The van der Waals surface area contributed by atoms with Crippen molar-refractivity contribution in [3.8, 4) is 0 Å². The van der Waals surface area contributed by atoms with Crippen LogP contribution in [0.3, 0.4) is 0 Å². The summed E-state index contributed by atoms with van der Waals surface area (Å²) in [5.41, 5.74) is -0.472. The smallest absolute Gasteiger partial charge is 0.166 e. The minimum Gasteiger partial charge on any atom is -0.314 e. The van der Waals surface area contributed by atoms with Crippen molar-refractivity contribution >= 4 is 12.4 Å². The summed E-state index contributed by atoms with van der Waals surface area (Å²) in [4.78, 5) is 1.91. The van der Waals surface area contributed by atoms with Crippen LogP contribution in [-0.4, -0.2) is 31.1 Å². The first-order valence-electron chi connectivity index (χ1n) is 7.75. The van der Waals surface area contributed by atoms with E-state index >= 15 is 0 Å². The zero-order chi connectivity index (χ0) is 16.3. The quantitative estimate of drug-likeness (QED) is 0.634. The summed E-state index contributed by atoms with van der Waals surface area (Å²) in [6.45, 7) is 6.42. The van der Waals surface area contributed by atoms with Crippen molar-refractivity contribution in [1.82, 2.24) is 10.2 Å². The Kier molecular flexibility index (Phi) is 7.77. The number of hydrogen-bond acceptors (Lipinski definition) is 2. The Balaban J connectivity index is 0.00000264. The molecule has 1 aromatic carbocycles. The monoisotopic (exact) mass is 354 g/mol. The average molecular weight is 355 g/mol. The van der Waals surface area contributed by atoms with Gasteiger partial charge in [-0.2, -0.15) is 0 Å². The van der Waals surface area contributed by atoms with Crippen LogP contribution < -0.4 is 5.32 Å². The third-order valence-electron chi connectivity index (χ3n) is 4.27. The maximum Gasteiger partial charge on any atom is 0.166 e. The van der Waals surface area contributed by atoms with Gasteiger partial charge in [0.25, 0.3) is 0 Å². The Labute approximate surface area is 140 Å². The predicted octanol–water partition coefficient (Wildman–Crippen LogP) is 4.05. The van der Waals surface area contributed by atoms with E-state index in [1.54, 1.807) is 0 Å². The summed E-state index contributed by atoms with van der Waals surface area (Å²) >= 11 is 0. The first-order valence-corrected chi connectivity index (χ1v) is 7.75. The Morgan fingerprint density at radius 3 is 2.09 bits per heavy atom. The number of nitrogens with zero attached hydrogens (tertiary/aromatic N) is 1. The molecule has 0 radical (unpaired) electrons. The molecular formula is C16H23ClF4N2. The van der Waals surface area contributed by atoms with Gasteiger partial charge in [-0.3, -0.25) is 4.90 Å². The van der Waals surface area contributed by atoms with Gasteiger partial charge in [0.15, 0.2) is 23.3 Å². The summed E-state index contributed by atoms with van der Waals surface area (Å²) in [5.74, 6) is -5.32. The van der Waals surface area contributed by atoms with E-state index in [2.05, 4.69) is 5.32 Å². The number of benzene rings is 1. The van der Waals surface area contributed by atoms with E-state index in [1.165, 1.54) is 0 Å². The van der Waals surface area contributed by atoms with Crippen LogP contribution in [-0.2, 0) is 0 Å². The zero-order valence-electron chi connectivity index (χ0n) is 13.3. The molecule has 0 amide bonds. The molecule has 0 saturated carbocycles. The summed E-state index contributed by atoms with van der Waals surface area (Å²) in [6.07, 6.45) is 1.57. The van der Waals surface area contributed by atoms with Crippen LogP contribution in [0, 0.1) is 29.2 Å². The highest BCUT2D eigenvalue weighted by Crippen LogP contribution is 2.36. The van der Waals surface area contributed by atoms with E-state index in [0.29, 0.717) is 26.2 Å². The number of nitrogens with one attached hydrogen (secondary N) is 1. The fourth-order valence-corrected chi connectivity index (χ4v) is 3.25. The van der Waals surface area contributed by atoms with Gasteiger partial charge < -0.3 is 5.32 Å². The molecule has 0 aromatic heterocycles. The summed E-state index contributed by atoms with van der Waals surface area (Å²) < 4.78 is 55.6. The molecule has 0 bridgehead atoms. The van der Waals surface area contributed by atoms with Crippen LogP contribution in [0.25, 0.3) is 0 Å². The average Bonchev–Trinajstić information content (AvgIpc) is 2.50. The van der Waals surface area contributed by atoms with E-state index < -0.39 is 34.9 Å². The molecule has 23 heavy (non-hydrogen) atoms. The van der Waals surface area contributed by atoms with Gasteiger partial charge >= 0.3 is 0 Å². The maximum absolute atomic E-state index is 14.2.